The summed E-state index contributed by atoms with van der Waals surface area (Å²) in [5.41, 5.74) is -0.484. The van der Waals surface area contributed by atoms with Crippen molar-refractivity contribution in [3.63, 3.8) is 0 Å². The molecule has 1 saturated heterocycles. The van der Waals surface area contributed by atoms with Crippen LogP contribution in [0.3, 0.4) is 0 Å². The number of rotatable bonds is 2. The molecular formula is C16H23NO4. The molecule has 2 fully saturated rings. The number of hydrogen-bond donors (Lipinski definition) is 0. The van der Waals surface area contributed by atoms with Gasteiger partial charge in [-0.1, -0.05) is 45.1 Å². The molecule has 2 aliphatic rings. The summed E-state index contributed by atoms with van der Waals surface area (Å²) < 4.78 is 0. The van der Waals surface area contributed by atoms with Gasteiger partial charge in [0.05, 0.1) is 5.41 Å². The lowest BCUT2D eigenvalue weighted by atomic mass is 9.77. The third kappa shape index (κ3) is 3.34. The number of hydroxylamine groups is 2. The highest BCUT2D eigenvalue weighted by Crippen LogP contribution is 2.43. The second-order valence-electron chi connectivity index (χ2n) is 6.23. The SMILES string of the molecule is C=C(C)C(=O)ON1C(=O)CC2(CCCCCCCC2)C1=O. The van der Waals surface area contributed by atoms with Gasteiger partial charge in [0, 0.05) is 12.0 Å². The van der Waals surface area contributed by atoms with Gasteiger partial charge >= 0.3 is 5.97 Å². The van der Waals surface area contributed by atoms with Crippen LogP contribution in [0.2, 0.25) is 0 Å². The number of nitrogens with zero attached hydrogens (tertiary/aromatic N) is 1. The fourth-order valence-electron chi connectivity index (χ4n) is 3.17. The van der Waals surface area contributed by atoms with Crippen molar-refractivity contribution >= 4 is 17.8 Å². The molecule has 0 aromatic rings. The average Bonchev–Trinajstić information content (AvgIpc) is 2.73. The van der Waals surface area contributed by atoms with Crippen LogP contribution in [0.5, 0.6) is 0 Å². The minimum atomic E-state index is -0.725. The number of hydrogen-bond acceptors (Lipinski definition) is 4. The topological polar surface area (TPSA) is 63.7 Å². The van der Waals surface area contributed by atoms with Gasteiger partial charge in [-0.2, -0.15) is 0 Å². The molecule has 5 heteroatoms. The Labute approximate surface area is 125 Å². The van der Waals surface area contributed by atoms with Gasteiger partial charge in [-0.05, 0) is 19.8 Å². The molecule has 2 amide bonds. The molecule has 2 rings (SSSR count). The third-order valence-electron chi connectivity index (χ3n) is 4.44. The summed E-state index contributed by atoms with van der Waals surface area (Å²) in [6.45, 7) is 4.96. The molecule has 1 spiro atoms. The van der Waals surface area contributed by atoms with Crippen molar-refractivity contribution in [2.45, 2.75) is 64.7 Å². The van der Waals surface area contributed by atoms with E-state index in [1.807, 2.05) is 0 Å². The van der Waals surface area contributed by atoms with Gasteiger partial charge in [0.1, 0.15) is 0 Å². The Morgan fingerprint density at radius 3 is 2.14 bits per heavy atom. The highest BCUT2D eigenvalue weighted by molar-refractivity contribution is 6.06. The summed E-state index contributed by atoms with van der Waals surface area (Å²) in [5, 5.41) is 0.676. The van der Waals surface area contributed by atoms with E-state index in [2.05, 4.69) is 6.58 Å². The zero-order valence-corrected chi connectivity index (χ0v) is 12.7. The normalized spacial score (nSPS) is 22.6. The highest BCUT2D eigenvalue weighted by atomic mass is 16.7. The first-order valence-corrected chi connectivity index (χ1v) is 7.71. The molecule has 0 unspecified atom stereocenters. The zero-order chi connectivity index (χ0) is 15.5. The van der Waals surface area contributed by atoms with Gasteiger partial charge in [0.25, 0.3) is 11.8 Å². The van der Waals surface area contributed by atoms with Crippen LogP contribution in [0.25, 0.3) is 0 Å². The fourth-order valence-corrected chi connectivity index (χ4v) is 3.17. The first-order chi connectivity index (χ1) is 9.96. The summed E-state index contributed by atoms with van der Waals surface area (Å²) in [6.07, 6.45) is 8.03. The Morgan fingerprint density at radius 2 is 1.62 bits per heavy atom. The molecule has 1 aliphatic carbocycles. The van der Waals surface area contributed by atoms with Crippen molar-refractivity contribution in [3.8, 4) is 0 Å². The van der Waals surface area contributed by atoms with E-state index >= 15 is 0 Å². The van der Waals surface area contributed by atoms with Gasteiger partial charge in [-0.3, -0.25) is 9.59 Å². The van der Waals surface area contributed by atoms with Crippen LogP contribution >= 0.6 is 0 Å². The lowest BCUT2D eigenvalue weighted by molar-refractivity contribution is -0.196. The maximum Gasteiger partial charge on any atom is 0.359 e. The average molecular weight is 293 g/mol. The van der Waals surface area contributed by atoms with E-state index in [0.29, 0.717) is 17.9 Å². The number of carbonyl (C=O) groups is 3. The predicted octanol–water partition coefficient (Wildman–Crippen LogP) is 2.90. The Kier molecular flexibility index (Phi) is 4.80. The first kappa shape index (κ1) is 15.7. The van der Waals surface area contributed by atoms with E-state index in [1.165, 1.54) is 19.8 Å². The molecule has 0 radical (unpaired) electrons. The van der Waals surface area contributed by atoms with Gasteiger partial charge in [0.2, 0.25) is 0 Å². The smallest absolute Gasteiger partial charge is 0.325 e. The molecule has 1 heterocycles. The molecule has 5 nitrogen and oxygen atoms in total. The molecule has 1 saturated carbocycles. The third-order valence-corrected chi connectivity index (χ3v) is 4.44. The van der Waals surface area contributed by atoms with Crippen LogP contribution in [-0.2, 0) is 19.2 Å². The van der Waals surface area contributed by atoms with Crippen LogP contribution in [0.1, 0.15) is 64.7 Å². The minimum absolute atomic E-state index is 0.162. The van der Waals surface area contributed by atoms with Crippen LogP contribution < -0.4 is 0 Å². The monoisotopic (exact) mass is 293 g/mol. The largest absolute Gasteiger partial charge is 0.359 e. The molecule has 0 aromatic heterocycles. The number of amides is 2. The second-order valence-corrected chi connectivity index (χ2v) is 6.23. The van der Waals surface area contributed by atoms with E-state index in [9.17, 15) is 14.4 Å². The first-order valence-electron chi connectivity index (χ1n) is 7.71. The van der Waals surface area contributed by atoms with Gasteiger partial charge in [0.15, 0.2) is 0 Å². The van der Waals surface area contributed by atoms with Crippen LogP contribution in [0.15, 0.2) is 12.2 Å². The fraction of sp³-hybridized carbons (Fsp3) is 0.688. The Bertz CT molecular complexity index is 459. The van der Waals surface area contributed by atoms with Crippen LogP contribution in [0, 0.1) is 5.41 Å². The van der Waals surface area contributed by atoms with Crippen molar-refractivity contribution in [1.29, 1.82) is 0 Å². The zero-order valence-electron chi connectivity index (χ0n) is 12.7. The Balaban J connectivity index is 2.14. The molecule has 0 bridgehead atoms. The van der Waals surface area contributed by atoms with Gasteiger partial charge in [-0.25, -0.2) is 4.79 Å². The quantitative estimate of drug-likeness (QED) is 0.580. The molecular weight excluding hydrogens is 270 g/mol. The molecule has 116 valence electrons. The Hall–Kier alpha value is -1.65. The highest BCUT2D eigenvalue weighted by Gasteiger charge is 2.52. The summed E-state index contributed by atoms with van der Waals surface area (Å²) >= 11 is 0. The summed E-state index contributed by atoms with van der Waals surface area (Å²) in [7, 11) is 0. The Morgan fingerprint density at radius 1 is 1.10 bits per heavy atom. The predicted molar refractivity (Wildman–Crippen MR) is 76.7 cm³/mol. The molecule has 0 atom stereocenters. The summed E-state index contributed by atoms with van der Waals surface area (Å²) in [5.74, 6) is -1.48. The molecule has 0 aromatic carbocycles. The lowest BCUT2D eigenvalue weighted by Crippen LogP contribution is -2.37. The van der Waals surface area contributed by atoms with Crippen molar-refractivity contribution in [2.75, 3.05) is 0 Å². The van der Waals surface area contributed by atoms with Crippen LogP contribution in [0.4, 0.5) is 0 Å². The second kappa shape index (κ2) is 6.41. The standard InChI is InChI=1S/C16H23NO4/c1-12(2)14(19)21-17-13(18)11-16(15(17)20)9-7-5-3-4-6-8-10-16/h1,3-11H2,2H3. The van der Waals surface area contributed by atoms with Crippen molar-refractivity contribution < 1.29 is 19.2 Å². The molecule has 1 aliphatic heterocycles. The number of carbonyl (C=O) groups excluding carboxylic acids is 3. The maximum absolute atomic E-state index is 12.6. The molecule has 21 heavy (non-hydrogen) atoms. The van der Waals surface area contributed by atoms with Crippen molar-refractivity contribution in [3.05, 3.63) is 12.2 Å². The summed E-state index contributed by atoms with van der Waals surface area (Å²) in [6, 6.07) is 0. The lowest BCUT2D eigenvalue weighted by Gasteiger charge is -2.25. The van der Waals surface area contributed by atoms with E-state index in [0.717, 1.165) is 25.7 Å². The van der Waals surface area contributed by atoms with E-state index in [-0.39, 0.29) is 17.9 Å². The number of imide groups is 1. The maximum atomic E-state index is 12.6. The molecule has 0 N–H and O–H groups in total. The van der Waals surface area contributed by atoms with Crippen LogP contribution in [-0.4, -0.2) is 22.8 Å². The minimum Gasteiger partial charge on any atom is -0.325 e. The van der Waals surface area contributed by atoms with Crippen molar-refractivity contribution in [1.82, 2.24) is 5.06 Å². The van der Waals surface area contributed by atoms with E-state index in [4.69, 9.17) is 4.84 Å². The summed E-state index contributed by atoms with van der Waals surface area (Å²) in [4.78, 5) is 41.2. The van der Waals surface area contributed by atoms with E-state index in [1.54, 1.807) is 0 Å². The van der Waals surface area contributed by atoms with Crippen molar-refractivity contribution in [2.24, 2.45) is 5.41 Å². The van der Waals surface area contributed by atoms with E-state index < -0.39 is 17.3 Å². The van der Waals surface area contributed by atoms with Gasteiger partial charge < -0.3 is 4.84 Å². The van der Waals surface area contributed by atoms with Gasteiger partial charge in [-0.15, -0.1) is 5.06 Å².